The molecule has 0 atom stereocenters. The minimum absolute atomic E-state index is 0.875. The fraction of sp³-hybridized carbons (Fsp3) is 0. The van der Waals surface area contributed by atoms with Gasteiger partial charge in [0.05, 0.1) is 0 Å². The highest BCUT2D eigenvalue weighted by atomic mass is 16.3. The number of anilines is 3. The Morgan fingerprint density at radius 3 is 1.45 bits per heavy atom. The second-order valence-corrected chi connectivity index (χ2v) is 16.0. The summed E-state index contributed by atoms with van der Waals surface area (Å²) in [6, 6.07) is 85.5. The summed E-state index contributed by atoms with van der Waals surface area (Å²) in [5.41, 5.74) is 14.5. The van der Waals surface area contributed by atoms with Gasteiger partial charge in [0, 0.05) is 33.2 Å². The van der Waals surface area contributed by atoms with Crippen molar-refractivity contribution in [3.8, 4) is 44.5 Å². The second-order valence-electron chi connectivity index (χ2n) is 16.0. The Bertz CT molecular complexity index is 3630. The molecule has 2 heteroatoms. The van der Waals surface area contributed by atoms with Crippen LogP contribution in [-0.4, -0.2) is 0 Å². The van der Waals surface area contributed by atoms with Crippen LogP contribution < -0.4 is 4.90 Å². The molecule has 0 aliphatic rings. The molecule has 0 fully saturated rings. The summed E-state index contributed by atoms with van der Waals surface area (Å²) >= 11 is 0. The summed E-state index contributed by atoms with van der Waals surface area (Å²) in [5.74, 6) is 0. The Hall–Kier alpha value is -8.20. The zero-order valence-electron chi connectivity index (χ0n) is 33.9. The van der Waals surface area contributed by atoms with Gasteiger partial charge in [-0.2, -0.15) is 0 Å². The predicted molar refractivity (Wildman–Crippen MR) is 263 cm³/mol. The fourth-order valence-corrected chi connectivity index (χ4v) is 9.54. The Morgan fingerprint density at radius 2 is 0.758 bits per heavy atom. The van der Waals surface area contributed by atoms with Crippen LogP contribution in [0.1, 0.15) is 0 Å². The molecule has 0 saturated carbocycles. The Balaban J connectivity index is 1.07. The van der Waals surface area contributed by atoms with Crippen molar-refractivity contribution in [2.75, 3.05) is 4.90 Å². The van der Waals surface area contributed by atoms with Gasteiger partial charge in [-0.05, 0) is 126 Å². The van der Waals surface area contributed by atoms with E-state index in [0.29, 0.717) is 0 Å². The van der Waals surface area contributed by atoms with Gasteiger partial charge >= 0.3 is 0 Å². The molecule has 12 rings (SSSR count). The maximum atomic E-state index is 6.59. The van der Waals surface area contributed by atoms with E-state index in [0.717, 1.165) is 61.1 Å². The summed E-state index contributed by atoms with van der Waals surface area (Å²) in [7, 11) is 0. The summed E-state index contributed by atoms with van der Waals surface area (Å²) in [4.78, 5) is 2.38. The highest BCUT2D eigenvalue weighted by molar-refractivity contribution is 6.22. The molecule has 0 amide bonds. The van der Waals surface area contributed by atoms with Crippen molar-refractivity contribution in [3.63, 3.8) is 0 Å². The topological polar surface area (TPSA) is 16.4 Å². The lowest BCUT2D eigenvalue weighted by Crippen LogP contribution is -2.10. The fourth-order valence-electron chi connectivity index (χ4n) is 9.54. The molecule has 290 valence electrons. The van der Waals surface area contributed by atoms with Gasteiger partial charge in [-0.15, -0.1) is 0 Å². The van der Waals surface area contributed by atoms with Crippen LogP contribution >= 0.6 is 0 Å². The lowest BCUT2D eigenvalue weighted by atomic mass is 9.84. The number of rotatable bonds is 7. The number of benzene rings is 11. The van der Waals surface area contributed by atoms with E-state index in [1.807, 2.05) is 0 Å². The van der Waals surface area contributed by atoms with Crippen LogP contribution in [0.3, 0.4) is 0 Å². The van der Waals surface area contributed by atoms with Crippen molar-refractivity contribution in [1.29, 1.82) is 0 Å². The van der Waals surface area contributed by atoms with Crippen LogP contribution in [0.5, 0.6) is 0 Å². The molecule has 0 spiro atoms. The minimum atomic E-state index is 0.875. The highest BCUT2D eigenvalue weighted by Gasteiger charge is 2.20. The molecule has 0 aliphatic carbocycles. The van der Waals surface area contributed by atoms with Crippen LogP contribution in [-0.2, 0) is 0 Å². The van der Waals surface area contributed by atoms with E-state index in [1.165, 1.54) is 54.7 Å². The van der Waals surface area contributed by atoms with Gasteiger partial charge in [-0.1, -0.05) is 182 Å². The summed E-state index contributed by atoms with van der Waals surface area (Å²) < 4.78 is 6.59. The zero-order valence-corrected chi connectivity index (χ0v) is 33.9. The molecule has 0 aliphatic heterocycles. The van der Waals surface area contributed by atoms with Crippen LogP contribution in [0.4, 0.5) is 17.1 Å². The molecule has 0 unspecified atom stereocenters. The van der Waals surface area contributed by atoms with Crippen molar-refractivity contribution < 1.29 is 4.42 Å². The Kier molecular flexibility index (Phi) is 8.53. The summed E-state index contributed by atoms with van der Waals surface area (Å²) in [5, 5.41) is 9.47. The second kappa shape index (κ2) is 14.8. The molecule has 0 saturated heterocycles. The van der Waals surface area contributed by atoms with E-state index in [-0.39, 0.29) is 0 Å². The molecule has 0 N–H and O–H groups in total. The smallest absolute Gasteiger partial charge is 0.143 e. The van der Waals surface area contributed by atoms with Crippen molar-refractivity contribution in [2.45, 2.75) is 0 Å². The van der Waals surface area contributed by atoms with E-state index in [4.69, 9.17) is 4.42 Å². The normalized spacial score (nSPS) is 11.5. The van der Waals surface area contributed by atoms with Crippen molar-refractivity contribution >= 4 is 71.3 Å². The predicted octanol–water partition coefficient (Wildman–Crippen LogP) is 17.2. The third kappa shape index (κ3) is 6.04. The number of nitrogens with zero attached hydrogens (tertiary/aromatic N) is 1. The monoisotopic (exact) mass is 789 g/mol. The first-order valence-corrected chi connectivity index (χ1v) is 21.2. The highest BCUT2D eigenvalue weighted by Crippen LogP contribution is 2.47. The minimum Gasteiger partial charge on any atom is -0.455 e. The van der Waals surface area contributed by atoms with E-state index >= 15 is 0 Å². The third-order valence-corrected chi connectivity index (χ3v) is 12.4. The van der Waals surface area contributed by atoms with Crippen molar-refractivity contribution in [2.24, 2.45) is 0 Å². The van der Waals surface area contributed by atoms with Gasteiger partial charge in [-0.25, -0.2) is 0 Å². The molecule has 62 heavy (non-hydrogen) atoms. The molecule has 12 aromatic rings. The molecule has 1 aromatic heterocycles. The van der Waals surface area contributed by atoms with Gasteiger partial charge in [0.2, 0.25) is 0 Å². The summed E-state index contributed by atoms with van der Waals surface area (Å²) in [6.45, 7) is 0. The van der Waals surface area contributed by atoms with Crippen LogP contribution in [0, 0.1) is 0 Å². The molecular formula is C60H39NO. The quantitative estimate of drug-likeness (QED) is 0.150. The van der Waals surface area contributed by atoms with Gasteiger partial charge in [0.15, 0.2) is 0 Å². The number of fused-ring (bicyclic) bond motifs is 8. The largest absolute Gasteiger partial charge is 0.455 e. The average molecular weight is 790 g/mol. The molecule has 0 bridgehead atoms. The zero-order chi connectivity index (χ0) is 41.0. The molecule has 0 radical (unpaired) electrons. The van der Waals surface area contributed by atoms with Gasteiger partial charge in [0.25, 0.3) is 0 Å². The van der Waals surface area contributed by atoms with E-state index < -0.39 is 0 Å². The van der Waals surface area contributed by atoms with Crippen LogP contribution in [0.25, 0.3) is 98.8 Å². The maximum Gasteiger partial charge on any atom is 0.143 e. The number of hydrogen-bond donors (Lipinski definition) is 0. The van der Waals surface area contributed by atoms with E-state index in [1.54, 1.807) is 0 Å². The molecule has 11 aromatic carbocycles. The molecule has 1 heterocycles. The maximum absolute atomic E-state index is 6.59. The number of furan rings is 1. The van der Waals surface area contributed by atoms with Crippen LogP contribution in [0.2, 0.25) is 0 Å². The van der Waals surface area contributed by atoms with Crippen molar-refractivity contribution in [3.05, 3.63) is 237 Å². The Morgan fingerprint density at radius 1 is 0.258 bits per heavy atom. The Labute approximate surface area is 360 Å². The first-order chi connectivity index (χ1) is 30.7. The lowest BCUT2D eigenvalue weighted by Gasteiger charge is -2.27. The molecule has 2 nitrogen and oxygen atoms in total. The summed E-state index contributed by atoms with van der Waals surface area (Å²) in [6.07, 6.45) is 0. The van der Waals surface area contributed by atoms with Crippen molar-refractivity contribution in [1.82, 2.24) is 0 Å². The van der Waals surface area contributed by atoms with E-state index in [2.05, 4.69) is 241 Å². The third-order valence-electron chi connectivity index (χ3n) is 12.4. The first kappa shape index (κ1) is 35.7. The lowest BCUT2D eigenvalue weighted by molar-refractivity contribution is 0.672. The van der Waals surface area contributed by atoms with Crippen LogP contribution in [0.15, 0.2) is 241 Å². The standard InChI is InChI=1S/C60H39NO/c1-4-16-40(17-5-1)44-23-14-25-47(36-44)61(49-32-35-57-55(39-49)54-34-30-41-18-10-11-27-50(41)60(54)62-57)48-26-15-24-45(37-48)46-31-33-52-51-28-12-13-29-53(51)58(42-19-6-2-7-20-42)59(56(52)38-46)43-21-8-3-9-22-43/h1-39H. The number of hydrogen-bond acceptors (Lipinski definition) is 2. The first-order valence-electron chi connectivity index (χ1n) is 21.2. The van der Waals surface area contributed by atoms with Gasteiger partial charge in [0.1, 0.15) is 11.2 Å². The van der Waals surface area contributed by atoms with Gasteiger partial charge < -0.3 is 9.32 Å². The SMILES string of the molecule is c1ccc(-c2cccc(N(c3cccc(-c4ccc5c(c4)c(-c4ccccc4)c(-c4ccccc4)c4ccccc45)c3)c3ccc4oc5c6ccccc6ccc5c4c3)c2)cc1. The van der Waals surface area contributed by atoms with Gasteiger partial charge in [-0.3, -0.25) is 0 Å². The van der Waals surface area contributed by atoms with E-state index in [9.17, 15) is 0 Å². The average Bonchev–Trinajstić information content (AvgIpc) is 3.73. The molecular weight excluding hydrogens is 751 g/mol.